The zero-order chi connectivity index (χ0) is 8.69. The normalized spacial score (nSPS) is 12.3. The van der Waals surface area contributed by atoms with Crippen LogP contribution in [0.2, 0.25) is 0 Å². The van der Waals surface area contributed by atoms with Gasteiger partial charge >= 0.3 is 6.03 Å². The van der Waals surface area contributed by atoms with Crippen LogP contribution < -0.4 is 10.6 Å². The maximum atomic E-state index is 10.8. The third-order valence-electron chi connectivity index (χ3n) is 1.69. The van der Waals surface area contributed by atoms with Crippen LogP contribution in [0.15, 0.2) is 0 Å². The zero-order valence-electron chi connectivity index (χ0n) is 7.61. The molecule has 0 bridgehead atoms. The third kappa shape index (κ3) is 4.65. The van der Waals surface area contributed by atoms with E-state index < -0.39 is 0 Å². The van der Waals surface area contributed by atoms with Crippen LogP contribution in [0.4, 0.5) is 4.79 Å². The fourth-order valence-electron chi connectivity index (χ4n) is 0.984. The minimum Gasteiger partial charge on any atom is -0.341 e. The molecular formula is C8H18N2O. The number of urea groups is 1. The Bertz CT molecular complexity index is 115. The average molecular weight is 158 g/mol. The fourth-order valence-corrected chi connectivity index (χ4v) is 0.984. The van der Waals surface area contributed by atoms with Gasteiger partial charge in [-0.15, -0.1) is 0 Å². The van der Waals surface area contributed by atoms with Gasteiger partial charge in [-0.1, -0.05) is 20.3 Å². The molecule has 0 aliphatic carbocycles. The standard InChI is InChI=1S/C8H18N2O/c1-4-6-7(5-2)10-8(11)9-3/h7H,4-6H2,1-3H3,(H2,9,10,11). The van der Waals surface area contributed by atoms with E-state index in [1.54, 1.807) is 7.05 Å². The third-order valence-corrected chi connectivity index (χ3v) is 1.69. The van der Waals surface area contributed by atoms with Gasteiger partial charge in [0.25, 0.3) is 0 Å². The number of carbonyl (C=O) groups is 1. The summed E-state index contributed by atoms with van der Waals surface area (Å²) in [6.45, 7) is 4.20. The van der Waals surface area contributed by atoms with Gasteiger partial charge in [0, 0.05) is 13.1 Å². The lowest BCUT2D eigenvalue weighted by molar-refractivity contribution is 0.237. The summed E-state index contributed by atoms with van der Waals surface area (Å²) in [5.41, 5.74) is 0. The van der Waals surface area contributed by atoms with Gasteiger partial charge in [0.2, 0.25) is 0 Å². The van der Waals surface area contributed by atoms with Crippen molar-refractivity contribution < 1.29 is 4.79 Å². The Morgan fingerprint density at radius 3 is 2.45 bits per heavy atom. The van der Waals surface area contributed by atoms with Crippen LogP contribution in [0.3, 0.4) is 0 Å². The summed E-state index contributed by atoms with van der Waals surface area (Å²) in [6.07, 6.45) is 3.17. The molecule has 0 heterocycles. The summed E-state index contributed by atoms with van der Waals surface area (Å²) in [5.74, 6) is 0. The number of amides is 2. The Labute approximate surface area is 68.6 Å². The minimum atomic E-state index is -0.0784. The van der Waals surface area contributed by atoms with Crippen molar-refractivity contribution in [3.05, 3.63) is 0 Å². The lowest BCUT2D eigenvalue weighted by atomic mass is 10.1. The van der Waals surface area contributed by atoms with Gasteiger partial charge in [-0.3, -0.25) is 0 Å². The summed E-state index contributed by atoms with van der Waals surface area (Å²) in [7, 11) is 1.63. The minimum absolute atomic E-state index is 0.0784. The summed E-state index contributed by atoms with van der Waals surface area (Å²) < 4.78 is 0. The van der Waals surface area contributed by atoms with E-state index in [9.17, 15) is 4.79 Å². The zero-order valence-corrected chi connectivity index (χ0v) is 7.61. The summed E-state index contributed by atoms with van der Waals surface area (Å²) in [4.78, 5) is 10.8. The maximum absolute atomic E-state index is 10.8. The number of nitrogens with one attached hydrogen (secondary N) is 2. The molecule has 66 valence electrons. The number of rotatable bonds is 4. The van der Waals surface area contributed by atoms with Crippen LogP contribution in [0.25, 0.3) is 0 Å². The van der Waals surface area contributed by atoms with Crippen LogP contribution >= 0.6 is 0 Å². The number of hydrogen-bond donors (Lipinski definition) is 2. The maximum Gasteiger partial charge on any atom is 0.314 e. The van der Waals surface area contributed by atoms with Gasteiger partial charge in [-0.05, 0) is 12.8 Å². The number of hydrogen-bond acceptors (Lipinski definition) is 1. The first kappa shape index (κ1) is 10.3. The highest BCUT2D eigenvalue weighted by atomic mass is 16.2. The van der Waals surface area contributed by atoms with Gasteiger partial charge in [-0.25, -0.2) is 4.79 Å². The predicted molar refractivity (Wildman–Crippen MR) is 46.6 cm³/mol. The van der Waals surface area contributed by atoms with E-state index in [1.807, 2.05) is 0 Å². The van der Waals surface area contributed by atoms with Crippen molar-refractivity contribution in [3.63, 3.8) is 0 Å². The van der Waals surface area contributed by atoms with Crippen LogP contribution in [0.5, 0.6) is 0 Å². The lowest BCUT2D eigenvalue weighted by Crippen LogP contribution is -2.40. The first-order chi connectivity index (χ1) is 5.24. The second-order valence-electron chi connectivity index (χ2n) is 2.62. The molecule has 0 radical (unpaired) electrons. The Hall–Kier alpha value is -0.730. The second-order valence-corrected chi connectivity index (χ2v) is 2.62. The summed E-state index contributed by atoms with van der Waals surface area (Å²) in [6, 6.07) is 0.255. The van der Waals surface area contributed by atoms with E-state index in [2.05, 4.69) is 24.5 Å². The van der Waals surface area contributed by atoms with Gasteiger partial charge in [0.15, 0.2) is 0 Å². The monoisotopic (exact) mass is 158 g/mol. The Balaban J connectivity index is 3.58. The fraction of sp³-hybridized carbons (Fsp3) is 0.875. The molecule has 0 saturated heterocycles. The molecule has 0 fully saturated rings. The molecule has 0 spiro atoms. The molecule has 3 nitrogen and oxygen atoms in total. The molecule has 0 aliphatic rings. The van der Waals surface area contributed by atoms with Gasteiger partial charge in [0.05, 0.1) is 0 Å². The van der Waals surface area contributed by atoms with Crippen LogP contribution in [-0.4, -0.2) is 19.1 Å². The molecule has 0 aromatic heterocycles. The van der Waals surface area contributed by atoms with Crippen LogP contribution in [-0.2, 0) is 0 Å². The van der Waals surface area contributed by atoms with Crippen molar-refractivity contribution in [2.45, 2.75) is 39.2 Å². The van der Waals surface area contributed by atoms with Crippen molar-refractivity contribution in [2.75, 3.05) is 7.05 Å². The molecule has 2 amide bonds. The Kier molecular flexibility index (Phi) is 5.61. The second kappa shape index (κ2) is 6.01. The molecule has 0 aromatic rings. The Morgan fingerprint density at radius 1 is 1.45 bits per heavy atom. The van der Waals surface area contributed by atoms with Crippen molar-refractivity contribution in [3.8, 4) is 0 Å². The molecule has 11 heavy (non-hydrogen) atoms. The molecule has 3 heteroatoms. The Morgan fingerprint density at radius 2 is 2.09 bits per heavy atom. The van der Waals surface area contributed by atoms with E-state index in [4.69, 9.17) is 0 Å². The topological polar surface area (TPSA) is 41.1 Å². The molecule has 0 saturated carbocycles. The quantitative estimate of drug-likeness (QED) is 0.639. The highest BCUT2D eigenvalue weighted by Gasteiger charge is 2.06. The molecule has 0 rings (SSSR count). The highest BCUT2D eigenvalue weighted by Crippen LogP contribution is 1.99. The summed E-state index contributed by atoms with van der Waals surface area (Å²) in [5, 5.41) is 5.41. The molecule has 1 atom stereocenters. The van der Waals surface area contributed by atoms with Crippen molar-refractivity contribution in [1.29, 1.82) is 0 Å². The van der Waals surface area contributed by atoms with E-state index >= 15 is 0 Å². The number of carbonyl (C=O) groups excluding carboxylic acids is 1. The van der Waals surface area contributed by atoms with Gasteiger partial charge < -0.3 is 10.6 Å². The molecule has 1 unspecified atom stereocenters. The van der Waals surface area contributed by atoms with Crippen LogP contribution in [0, 0.1) is 0 Å². The predicted octanol–water partition coefficient (Wildman–Crippen LogP) is 1.49. The van der Waals surface area contributed by atoms with Crippen molar-refractivity contribution in [1.82, 2.24) is 10.6 Å². The average Bonchev–Trinajstić information content (AvgIpc) is 2.03. The highest BCUT2D eigenvalue weighted by molar-refractivity contribution is 5.73. The smallest absolute Gasteiger partial charge is 0.314 e. The van der Waals surface area contributed by atoms with Crippen molar-refractivity contribution >= 4 is 6.03 Å². The van der Waals surface area contributed by atoms with E-state index in [1.165, 1.54) is 0 Å². The van der Waals surface area contributed by atoms with E-state index in [0.29, 0.717) is 6.04 Å². The van der Waals surface area contributed by atoms with Crippen molar-refractivity contribution in [2.24, 2.45) is 0 Å². The van der Waals surface area contributed by atoms with E-state index in [0.717, 1.165) is 19.3 Å². The SMILES string of the molecule is CCCC(CC)NC(=O)NC. The van der Waals surface area contributed by atoms with E-state index in [-0.39, 0.29) is 6.03 Å². The first-order valence-electron chi connectivity index (χ1n) is 4.22. The van der Waals surface area contributed by atoms with Crippen LogP contribution in [0.1, 0.15) is 33.1 Å². The summed E-state index contributed by atoms with van der Waals surface area (Å²) >= 11 is 0. The molecule has 0 aliphatic heterocycles. The molecule has 0 aromatic carbocycles. The van der Waals surface area contributed by atoms with Gasteiger partial charge in [0.1, 0.15) is 0 Å². The van der Waals surface area contributed by atoms with Gasteiger partial charge in [-0.2, -0.15) is 0 Å². The molecular weight excluding hydrogens is 140 g/mol. The first-order valence-corrected chi connectivity index (χ1v) is 4.22. The largest absolute Gasteiger partial charge is 0.341 e. The lowest BCUT2D eigenvalue weighted by Gasteiger charge is -2.14. The molecule has 2 N–H and O–H groups in total.